The number of nitrogens with one attached hydrogen (secondary N) is 2. The second-order valence-electron chi connectivity index (χ2n) is 6.26. The number of benzene rings is 1. The lowest BCUT2D eigenvalue weighted by Crippen LogP contribution is -2.25. The first kappa shape index (κ1) is 14.0. The van der Waals surface area contributed by atoms with E-state index < -0.39 is 0 Å². The van der Waals surface area contributed by atoms with Crippen molar-refractivity contribution in [3.8, 4) is 0 Å². The Balaban J connectivity index is 1.55. The van der Waals surface area contributed by atoms with Gasteiger partial charge in [0.25, 0.3) is 0 Å². The number of hydrogen-bond acceptors (Lipinski definition) is 1. The van der Waals surface area contributed by atoms with Crippen LogP contribution in [0.1, 0.15) is 38.2 Å². The lowest BCUT2D eigenvalue weighted by molar-refractivity contribution is 0.281. The number of H-pyrrole nitrogens is 1. The van der Waals surface area contributed by atoms with Crippen LogP contribution >= 0.6 is 11.6 Å². The molecule has 20 heavy (non-hydrogen) atoms. The van der Waals surface area contributed by atoms with Crippen LogP contribution < -0.4 is 5.32 Å². The van der Waals surface area contributed by atoms with Crippen LogP contribution in [0.25, 0.3) is 10.9 Å². The predicted octanol–water partition coefficient (Wildman–Crippen LogP) is 4.74. The predicted molar refractivity (Wildman–Crippen MR) is 86.1 cm³/mol. The van der Waals surface area contributed by atoms with Gasteiger partial charge in [-0.1, -0.05) is 37.4 Å². The van der Waals surface area contributed by atoms with Gasteiger partial charge in [0, 0.05) is 28.7 Å². The van der Waals surface area contributed by atoms with Gasteiger partial charge in [0.05, 0.1) is 0 Å². The van der Waals surface area contributed by atoms with E-state index in [9.17, 15) is 0 Å². The van der Waals surface area contributed by atoms with Crippen LogP contribution in [0, 0.1) is 11.8 Å². The fourth-order valence-electron chi connectivity index (χ4n) is 3.25. The van der Waals surface area contributed by atoms with Gasteiger partial charge < -0.3 is 10.3 Å². The van der Waals surface area contributed by atoms with E-state index in [1.807, 2.05) is 12.1 Å². The number of hydrogen-bond donors (Lipinski definition) is 2. The zero-order valence-electron chi connectivity index (χ0n) is 12.1. The van der Waals surface area contributed by atoms with E-state index in [0.717, 1.165) is 35.5 Å². The van der Waals surface area contributed by atoms with E-state index in [-0.39, 0.29) is 0 Å². The van der Waals surface area contributed by atoms with Crippen LogP contribution in [0.4, 0.5) is 0 Å². The summed E-state index contributed by atoms with van der Waals surface area (Å²) in [6.07, 6.45) is 7.67. The van der Waals surface area contributed by atoms with Crippen molar-refractivity contribution in [1.29, 1.82) is 0 Å². The third kappa shape index (κ3) is 3.18. The Labute approximate surface area is 125 Å². The Morgan fingerprint density at radius 3 is 2.85 bits per heavy atom. The third-order valence-electron chi connectivity index (χ3n) is 4.61. The van der Waals surface area contributed by atoms with Crippen molar-refractivity contribution in [1.82, 2.24) is 10.3 Å². The van der Waals surface area contributed by atoms with Crippen molar-refractivity contribution in [2.24, 2.45) is 11.8 Å². The van der Waals surface area contributed by atoms with Crippen LogP contribution in [-0.2, 0) is 6.54 Å². The maximum absolute atomic E-state index is 6.01. The Hall–Kier alpha value is -0.990. The van der Waals surface area contributed by atoms with Crippen LogP contribution in [0.5, 0.6) is 0 Å². The first-order valence-corrected chi connectivity index (χ1v) is 8.06. The summed E-state index contributed by atoms with van der Waals surface area (Å²) >= 11 is 6.01. The molecule has 0 spiro atoms. The molecular weight excluding hydrogens is 268 g/mol. The normalized spacial score (nSPS) is 23.3. The van der Waals surface area contributed by atoms with Gasteiger partial charge in [-0.2, -0.15) is 0 Å². The molecule has 1 heterocycles. The summed E-state index contributed by atoms with van der Waals surface area (Å²) in [6, 6.07) is 6.06. The maximum atomic E-state index is 6.01. The summed E-state index contributed by atoms with van der Waals surface area (Å²) < 4.78 is 0. The number of aromatic nitrogens is 1. The molecule has 2 nitrogen and oxygen atoms in total. The highest BCUT2D eigenvalue weighted by molar-refractivity contribution is 6.31. The molecular formula is C17H23ClN2. The fourth-order valence-corrected chi connectivity index (χ4v) is 3.42. The molecule has 0 atom stereocenters. The average Bonchev–Trinajstić information content (AvgIpc) is 2.83. The highest BCUT2D eigenvalue weighted by atomic mass is 35.5. The van der Waals surface area contributed by atoms with Crippen LogP contribution in [0.15, 0.2) is 24.4 Å². The van der Waals surface area contributed by atoms with Gasteiger partial charge in [-0.05, 0) is 48.9 Å². The molecule has 1 fully saturated rings. The highest BCUT2D eigenvalue weighted by Gasteiger charge is 2.17. The molecule has 2 N–H and O–H groups in total. The quantitative estimate of drug-likeness (QED) is 0.836. The minimum absolute atomic E-state index is 0.787. The molecule has 2 aromatic rings. The number of fused-ring (bicyclic) bond motifs is 1. The Bertz CT molecular complexity index is 567. The number of halogens is 1. The second kappa shape index (κ2) is 6.19. The molecule has 1 aromatic heterocycles. The van der Waals surface area contributed by atoms with Gasteiger partial charge in [0.15, 0.2) is 0 Å². The van der Waals surface area contributed by atoms with Gasteiger partial charge in [-0.15, -0.1) is 0 Å². The first-order chi connectivity index (χ1) is 9.72. The molecule has 0 saturated heterocycles. The van der Waals surface area contributed by atoms with E-state index in [4.69, 9.17) is 11.6 Å². The molecule has 1 aliphatic carbocycles. The van der Waals surface area contributed by atoms with Crippen LogP contribution in [-0.4, -0.2) is 11.5 Å². The molecule has 0 radical (unpaired) electrons. The second-order valence-corrected chi connectivity index (χ2v) is 6.70. The summed E-state index contributed by atoms with van der Waals surface area (Å²) in [4.78, 5) is 3.30. The summed E-state index contributed by atoms with van der Waals surface area (Å²) in [5, 5.41) is 5.69. The van der Waals surface area contributed by atoms with Crippen LogP contribution in [0.3, 0.4) is 0 Å². The number of rotatable bonds is 4. The molecule has 0 amide bonds. The third-order valence-corrected chi connectivity index (χ3v) is 4.85. The zero-order valence-corrected chi connectivity index (χ0v) is 12.8. The molecule has 1 saturated carbocycles. The lowest BCUT2D eigenvalue weighted by atomic mass is 9.83. The van der Waals surface area contributed by atoms with E-state index in [0.29, 0.717) is 0 Å². The highest BCUT2D eigenvalue weighted by Crippen LogP contribution is 2.28. The molecule has 1 aromatic carbocycles. The molecule has 3 heteroatoms. The van der Waals surface area contributed by atoms with Crippen molar-refractivity contribution < 1.29 is 0 Å². The van der Waals surface area contributed by atoms with E-state index >= 15 is 0 Å². The molecule has 0 bridgehead atoms. The van der Waals surface area contributed by atoms with Gasteiger partial charge in [-0.3, -0.25) is 0 Å². The van der Waals surface area contributed by atoms with Crippen LogP contribution in [0.2, 0.25) is 5.02 Å². The summed E-state index contributed by atoms with van der Waals surface area (Å²) in [6.45, 7) is 4.46. The van der Waals surface area contributed by atoms with Crippen molar-refractivity contribution in [3.05, 3.63) is 35.0 Å². The largest absolute Gasteiger partial charge is 0.361 e. The maximum Gasteiger partial charge on any atom is 0.0472 e. The SMILES string of the molecule is CC1CCC(CNCc2c[nH]c3cc(Cl)ccc23)CC1. The molecule has 0 unspecified atom stereocenters. The van der Waals surface area contributed by atoms with Gasteiger partial charge in [-0.25, -0.2) is 0 Å². The van der Waals surface area contributed by atoms with Crippen molar-refractivity contribution >= 4 is 22.5 Å². The molecule has 3 rings (SSSR count). The monoisotopic (exact) mass is 290 g/mol. The summed E-state index contributed by atoms with van der Waals surface area (Å²) in [7, 11) is 0. The van der Waals surface area contributed by atoms with E-state index in [2.05, 4.69) is 29.5 Å². The van der Waals surface area contributed by atoms with Crippen molar-refractivity contribution in [2.45, 2.75) is 39.2 Å². The van der Waals surface area contributed by atoms with Gasteiger partial charge in [0.2, 0.25) is 0 Å². The smallest absolute Gasteiger partial charge is 0.0472 e. The zero-order chi connectivity index (χ0) is 13.9. The molecule has 1 aliphatic rings. The Morgan fingerprint density at radius 1 is 1.25 bits per heavy atom. The average molecular weight is 291 g/mol. The van der Waals surface area contributed by atoms with E-state index in [1.54, 1.807) is 0 Å². The molecule has 0 aliphatic heterocycles. The minimum atomic E-state index is 0.787. The Kier molecular flexibility index (Phi) is 4.32. The van der Waals surface area contributed by atoms with Crippen molar-refractivity contribution in [2.75, 3.05) is 6.54 Å². The standard InChI is InChI=1S/C17H23ClN2/c1-12-2-4-13(5-3-12)9-19-10-14-11-20-17-8-15(18)6-7-16(14)17/h6-8,11-13,19-20H,2-5,9-10H2,1H3. The minimum Gasteiger partial charge on any atom is -0.361 e. The topological polar surface area (TPSA) is 27.8 Å². The fraction of sp³-hybridized carbons (Fsp3) is 0.529. The molecule has 108 valence electrons. The lowest BCUT2D eigenvalue weighted by Gasteiger charge is -2.26. The van der Waals surface area contributed by atoms with Gasteiger partial charge >= 0.3 is 0 Å². The summed E-state index contributed by atoms with van der Waals surface area (Å²) in [5.74, 6) is 1.80. The van der Waals surface area contributed by atoms with Gasteiger partial charge in [0.1, 0.15) is 0 Å². The van der Waals surface area contributed by atoms with E-state index in [1.165, 1.54) is 36.6 Å². The van der Waals surface area contributed by atoms with Crippen molar-refractivity contribution in [3.63, 3.8) is 0 Å². The Morgan fingerprint density at radius 2 is 2.05 bits per heavy atom. The first-order valence-electron chi connectivity index (χ1n) is 7.68. The number of aromatic amines is 1. The summed E-state index contributed by atoms with van der Waals surface area (Å²) in [5.41, 5.74) is 2.46.